The molecular weight excluding hydrogens is 306 g/mol. The second kappa shape index (κ2) is 6.71. The van der Waals surface area contributed by atoms with Gasteiger partial charge in [0.05, 0.1) is 10.7 Å². The number of hydrogen-bond acceptors (Lipinski definition) is 2. The fourth-order valence-corrected chi connectivity index (χ4v) is 2.05. The first-order valence-corrected chi connectivity index (χ1v) is 6.60. The monoisotopic (exact) mass is 320 g/mol. The van der Waals surface area contributed by atoms with Gasteiger partial charge in [-0.2, -0.15) is 0 Å². The van der Waals surface area contributed by atoms with E-state index >= 15 is 0 Å². The first-order chi connectivity index (χ1) is 9.75. The van der Waals surface area contributed by atoms with Gasteiger partial charge in [0.15, 0.2) is 5.82 Å². The number of halogens is 3. The topological polar surface area (TPSA) is 78.4 Å². The van der Waals surface area contributed by atoms with Crippen LogP contribution >= 0.6 is 11.6 Å². The first kappa shape index (κ1) is 17.2. The predicted octanol–water partition coefficient (Wildman–Crippen LogP) is 3.38. The number of carboxylic acids is 1. The summed E-state index contributed by atoms with van der Waals surface area (Å²) in [5, 5.41) is 13.2. The van der Waals surface area contributed by atoms with Gasteiger partial charge in [-0.25, -0.2) is 18.4 Å². The van der Waals surface area contributed by atoms with Gasteiger partial charge in [0.2, 0.25) is 0 Å². The lowest BCUT2D eigenvalue weighted by Gasteiger charge is -2.28. The third-order valence-electron chi connectivity index (χ3n) is 3.21. The van der Waals surface area contributed by atoms with Gasteiger partial charge in [0.1, 0.15) is 11.4 Å². The zero-order valence-corrected chi connectivity index (χ0v) is 12.2. The Labute approximate surface area is 125 Å². The van der Waals surface area contributed by atoms with E-state index in [1.54, 1.807) is 13.8 Å². The standard InChI is InChI=1S/C13H15ClF2N2O3/c1-3-13(4-2,11(19)20)18-12(21)17-10-8(14)5-7(15)6-9(10)16/h5-6H,3-4H2,1-2H3,(H,19,20)(H2,17,18,21). The molecule has 1 aromatic rings. The van der Waals surface area contributed by atoms with Crippen molar-refractivity contribution in [2.24, 2.45) is 0 Å². The molecule has 0 atom stereocenters. The molecule has 0 spiro atoms. The van der Waals surface area contributed by atoms with E-state index in [1.807, 2.05) is 0 Å². The van der Waals surface area contributed by atoms with Gasteiger partial charge in [0, 0.05) is 6.07 Å². The van der Waals surface area contributed by atoms with Crippen LogP contribution in [0.15, 0.2) is 12.1 Å². The predicted molar refractivity (Wildman–Crippen MR) is 74.5 cm³/mol. The maximum absolute atomic E-state index is 13.5. The van der Waals surface area contributed by atoms with E-state index in [0.29, 0.717) is 6.07 Å². The Kier molecular flexibility index (Phi) is 5.48. The van der Waals surface area contributed by atoms with Crippen molar-refractivity contribution in [3.63, 3.8) is 0 Å². The van der Waals surface area contributed by atoms with Crippen molar-refractivity contribution >= 4 is 29.3 Å². The van der Waals surface area contributed by atoms with Crippen molar-refractivity contribution in [2.75, 3.05) is 5.32 Å². The van der Waals surface area contributed by atoms with Crippen LogP contribution in [0.3, 0.4) is 0 Å². The molecule has 0 aliphatic rings. The van der Waals surface area contributed by atoms with Crippen molar-refractivity contribution in [1.29, 1.82) is 0 Å². The maximum Gasteiger partial charge on any atom is 0.329 e. The van der Waals surface area contributed by atoms with Crippen LogP contribution in [0.4, 0.5) is 19.3 Å². The van der Waals surface area contributed by atoms with Gasteiger partial charge in [-0.05, 0) is 18.9 Å². The highest BCUT2D eigenvalue weighted by Gasteiger charge is 2.36. The van der Waals surface area contributed by atoms with Gasteiger partial charge in [-0.3, -0.25) is 0 Å². The number of carboxylic acid groups (broad SMARTS) is 1. The van der Waals surface area contributed by atoms with E-state index in [9.17, 15) is 23.5 Å². The van der Waals surface area contributed by atoms with Crippen LogP contribution in [0.1, 0.15) is 26.7 Å². The van der Waals surface area contributed by atoms with E-state index in [0.717, 1.165) is 6.07 Å². The van der Waals surface area contributed by atoms with Crippen LogP contribution in [0.5, 0.6) is 0 Å². The van der Waals surface area contributed by atoms with Crippen LogP contribution in [0.2, 0.25) is 5.02 Å². The largest absolute Gasteiger partial charge is 0.480 e. The number of benzene rings is 1. The third-order valence-corrected chi connectivity index (χ3v) is 3.51. The highest BCUT2D eigenvalue weighted by atomic mass is 35.5. The number of urea groups is 1. The third kappa shape index (κ3) is 3.81. The number of anilines is 1. The molecule has 1 aromatic carbocycles. The number of carbonyl (C=O) groups is 2. The van der Waals surface area contributed by atoms with E-state index < -0.39 is 34.9 Å². The Morgan fingerprint density at radius 2 is 1.86 bits per heavy atom. The second-order valence-electron chi connectivity index (χ2n) is 4.42. The summed E-state index contributed by atoms with van der Waals surface area (Å²) in [5.74, 6) is -3.14. The molecule has 0 aliphatic heterocycles. The Hall–Kier alpha value is -1.89. The Morgan fingerprint density at radius 1 is 1.29 bits per heavy atom. The minimum absolute atomic E-state index is 0.145. The molecule has 3 N–H and O–H groups in total. The van der Waals surface area contributed by atoms with E-state index in [1.165, 1.54) is 0 Å². The van der Waals surface area contributed by atoms with Crippen molar-refractivity contribution in [2.45, 2.75) is 32.2 Å². The molecule has 116 valence electrons. The number of rotatable bonds is 5. The van der Waals surface area contributed by atoms with Gasteiger partial charge < -0.3 is 15.7 Å². The number of aliphatic carboxylic acids is 1. The van der Waals surface area contributed by atoms with Gasteiger partial charge in [0.25, 0.3) is 0 Å². The van der Waals surface area contributed by atoms with Crippen LogP contribution in [-0.2, 0) is 4.79 Å². The quantitative estimate of drug-likeness (QED) is 0.778. The van der Waals surface area contributed by atoms with Gasteiger partial charge in [-0.15, -0.1) is 0 Å². The van der Waals surface area contributed by atoms with Crippen LogP contribution in [0.25, 0.3) is 0 Å². The molecule has 0 saturated carbocycles. The van der Waals surface area contributed by atoms with Gasteiger partial charge in [-0.1, -0.05) is 25.4 Å². The molecule has 5 nitrogen and oxygen atoms in total. The van der Waals surface area contributed by atoms with Crippen LogP contribution in [0, 0.1) is 11.6 Å². The minimum Gasteiger partial charge on any atom is -0.480 e. The summed E-state index contributed by atoms with van der Waals surface area (Å²) in [5.41, 5.74) is -1.88. The van der Waals surface area contributed by atoms with E-state index in [4.69, 9.17) is 11.6 Å². The second-order valence-corrected chi connectivity index (χ2v) is 4.83. The highest BCUT2D eigenvalue weighted by Crippen LogP contribution is 2.26. The Balaban J connectivity index is 2.95. The molecule has 0 bridgehead atoms. The molecule has 0 unspecified atom stereocenters. The molecule has 0 radical (unpaired) electrons. The summed E-state index contributed by atoms with van der Waals surface area (Å²) in [6.45, 7) is 3.20. The fraction of sp³-hybridized carbons (Fsp3) is 0.385. The van der Waals surface area contributed by atoms with E-state index in [-0.39, 0.29) is 17.9 Å². The fourth-order valence-electron chi connectivity index (χ4n) is 1.81. The summed E-state index contributed by atoms with van der Waals surface area (Å²) < 4.78 is 26.4. The molecule has 1 rings (SSSR count). The lowest BCUT2D eigenvalue weighted by Crippen LogP contribution is -2.55. The number of carbonyl (C=O) groups excluding carboxylic acids is 1. The normalized spacial score (nSPS) is 11.1. The SMILES string of the molecule is CCC(CC)(NC(=O)Nc1c(F)cc(F)cc1Cl)C(=O)O. The lowest BCUT2D eigenvalue weighted by atomic mass is 9.93. The van der Waals surface area contributed by atoms with Crippen LogP contribution in [-0.4, -0.2) is 22.6 Å². The van der Waals surface area contributed by atoms with Gasteiger partial charge >= 0.3 is 12.0 Å². The number of nitrogens with one attached hydrogen (secondary N) is 2. The van der Waals surface area contributed by atoms with Crippen molar-refractivity contribution in [3.05, 3.63) is 28.8 Å². The Bertz CT molecular complexity index is 539. The Morgan fingerprint density at radius 3 is 2.29 bits per heavy atom. The summed E-state index contributed by atoms with van der Waals surface area (Å²) in [7, 11) is 0. The van der Waals surface area contributed by atoms with Crippen LogP contribution < -0.4 is 10.6 Å². The molecule has 8 heteroatoms. The average molecular weight is 321 g/mol. The molecule has 0 saturated heterocycles. The zero-order valence-electron chi connectivity index (χ0n) is 11.5. The van der Waals surface area contributed by atoms with E-state index in [2.05, 4.69) is 10.6 Å². The number of amides is 2. The molecule has 0 fully saturated rings. The summed E-state index contributed by atoms with van der Waals surface area (Å²) in [4.78, 5) is 23.1. The lowest BCUT2D eigenvalue weighted by molar-refractivity contribution is -0.144. The van der Waals surface area contributed by atoms with Crippen molar-refractivity contribution in [3.8, 4) is 0 Å². The summed E-state index contributed by atoms with van der Waals surface area (Å²) >= 11 is 5.64. The summed E-state index contributed by atoms with van der Waals surface area (Å²) in [6, 6.07) is 0.462. The summed E-state index contributed by atoms with van der Waals surface area (Å²) in [6.07, 6.45) is 0.289. The molecule has 0 aliphatic carbocycles. The maximum atomic E-state index is 13.5. The zero-order chi connectivity index (χ0) is 16.2. The molecular formula is C13H15ClF2N2O3. The smallest absolute Gasteiger partial charge is 0.329 e. The van der Waals surface area contributed by atoms with Crippen molar-refractivity contribution < 1.29 is 23.5 Å². The molecule has 21 heavy (non-hydrogen) atoms. The molecule has 0 heterocycles. The minimum atomic E-state index is -1.47. The first-order valence-electron chi connectivity index (χ1n) is 6.22. The highest BCUT2D eigenvalue weighted by molar-refractivity contribution is 6.33. The number of hydrogen-bond donors (Lipinski definition) is 3. The average Bonchev–Trinajstić information content (AvgIpc) is 2.40. The van der Waals surface area contributed by atoms with Crippen molar-refractivity contribution in [1.82, 2.24) is 5.32 Å². The molecule has 0 aromatic heterocycles. The molecule has 2 amide bonds.